The Kier molecular flexibility index (Phi) is 7.73. The van der Waals surface area contributed by atoms with Gasteiger partial charge in [-0.2, -0.15) is 0 Å². The fourth-order valence-corrected chi connectivity index (χ4v) is 5.50. The molecule has 2 aromatic rings. The predicted octanol–water partition coefficient (Wildman–Crippen LogP) is 4.99. The van der Waals surface area contributed by atoms with Crippen LogP contribution in [0.3, 0.4) is 0 Å². The maximum absolute atomic E-state index is 13.1. The normalized spacial score (nSPS) is 16.7. The molecule has 4 rings (SSSR count). The molecule has 0 spiro atoms. The van der Waals surface area contributed by atoms with Crippen LogP contribution in [0.2, 0.25) is 0 Å². The molecule has 0 aliphatic heterocycles. The van der Waals surface area contributed by atoms with E-state index in [0.717, 1.165) is 47.9 Å². The Hall–Kier alpha value is -3.35. The number of carboxylic acid groups (broad SMARTS) is 1. The standard InChI is InChI=1S/C28H34N2O5/c1-2-3-14-24(26(33)30-28(17-25(31)32)15-8-9-16-28)29-27(34)35-18-23-21-12-6-4-10-19(21)20-11-5-7-13-22(20)23/h4-7,10-13,23-24H,2-3,8-9,14-18H2,1H3,(H,29,34)(H,30,33)(H,31,32)/t24-/m0/s1. The van der Waals surface area contributed by atoms with Crippen LogP contribution in [0.4, 0.5) is 4.79 Å². The summed E-state index contributed by atoms with van der Waals surface area (Å²) in [5.41, 5.74) is 3.81. The lowest BCUT2D eigenvalue weighted by molar-refractivity contribution is -0.139. The number of aliphatic carboxylic acids is 1. The second-order valence-corrected chi connectivity index (χ2v) is 9.71. The van der Waals surface area contributed by atoms with Gasteiger partial charge in [0.1, 0.15) is 12.6 Å². The largest absolute Gasteiger partial charge is 0.481 e. The molecule has 2 aliphatic rings. The molecule has 2 amide bonds. The zero-order valence-electron chi connectivity index (χ0n) is 20.2. The van der Waals surface area contributed by atoms with E-state index in [4.69, 9.17) is 4.74 Å². The first kappa shape index (κ1) is 24.8. The highest BCUT2D eigenvalue weighted by atomic mass is 16.5. The molecule has 7 heteroatoms. The quantitative estimate of drug-likeness (QED) is 0.446. The van der Waals surface area contributed by atoms with Gasteiger partial charge in [0.25, 0.3) is 0 Å². The third-order valence-electron chi connectivity index (χ3n) is 7.24. The highest BCUT2D eigenvalue weighted by molar-refractivity contribution is 5.87. The molecule has 3 N–H and O–H groups in total. The van der Waals surface area contributed by atoms with E-state index < -0.39 is 23.6 Å². The second kappa shape index (κ2) is 10.9. The Balaban J connectivity index is 1.41. The van der Waals surface area contributed by atoms with Crippen molar-refractivity contribution in [1.82, 2.24) is 10.6 Å². The number of ether oxygens (including phenoxy) is 1. The summed E-state index contributed by atoms with van der Waals surface area (Å²) >= 11 is 0. The summed E-state index contributed by atoms with van der Waals surface area (Å²) in [6.07, 6.45) is 4.39. The number of hydrogen-bond acceptors (Lipinski definition) is 4. The van der Waals surface area contributed by atoms with Gasteiger partial charge in [0.15, 0.2) is 0 Å². The van der Waals surface area contributed by atoms with Crippen LogP contribution in [0, 0.1) is 0 Å². The minimum absolute atomic E-state index is 0.0617. The summed E-state index contributed by atoms with van der Waals surface area (Å²) in [7, 11) is 0. The van der Waals surface area contributed by atoms with E-state index >= 15 is 0 Å². The van der Waals surface area contributed by atoms with E-state index in [1.54, 1.807) is 0 Å². The zero-order valence-corrected chi connectivity index (χ0v) is 20.2. The molecule has 0 aromatic heterocycles. The van der Waals surface area contributed by atoms with Crippen molar-refractivity contribution in [2.75, 3.05) is 6.61 Å². The van der Waals surface area contributed by atoms with Crippen LogP contribution < -0.4 is 10.6 Å². The molecule has 186 valence electrons. The lowest BCUT2D eigenvalue weighted by atomic mass is 9.92. The second-order valence-electron chi connectivity index (χ2n) is 9.71. The van der Waals surface area contributed by atoms with Crippen molar-refractivity contribution in [1.29, 1.82) is 0 Å². The number of fused-ring (bicyclic) bond motifs is 3. The van der Waals surface area contributed by atoms with Gasteiger partial charge in [-0.3, -0.25) is 9.59 Å². The number of alkyl carbamates (subject to hydrolysis) is 1. The molecule has 1 fully saturated rings. The maximum Gasteiger partial charge on any atom is 0.407 e. The zero-order chi connectivity index (χ0) is 24.8. The Morgan fingerprint density at radius 3 is 2.20 bits per heavy atom. The maximum atomic E-state index is 13.1. The first-order chi connectivity index (χ1) is 16.9. The minimum atomic E-state index is -0.929. The lowest BCUT2D eigenvalue weighted by Crippen LogP contribution is -2.55. The van der Waals surface area contributed by atoms with Crippen molar-refractivity contribution in [2.45, 2.75) is 75.8 Å². The fraction of sp³-hybridized carbons (Fsp3) is 0.464. The van der Waals surface area contributed by atoms with E-state index in [9.17, 15) is 19.5 Å². The molecule has 2 aromatic carbocycles. The van der Waals surface area contributed by atoms with E-state index in [0.29, 0.717) is 19.3 Å². The van der Waals surface area contributed by atoms with Gasteiger partial charge in [0.2, 0.25) is 5.91 Å². The highest BCUT2D eigenvalue weighted by Gasteiger charge is 2.39. The van der Waals surface area contributed by atoms with Crippen LogP contribution in [0.5, 0.6) is 0 Å². The topological polar surface area (TPSA) is 105 Å². The summed E-state index contributed by atoms with van der Waals surface area (Å²) < 4.78 is 5.64. The molecule has 2 aliphatic carbocycles. The first-order valence-electron chi connectivity index (χ1n) is 12.6. The Bertz CT molecular complexity index is 1030. The van der Waals surface area contributed by atoms with Crippen LogP contribution in [0.1, 0.15) is 75.3 Å². The van der Waals surface area contributed by atoms with Crippen molar-refractivity contribution in [3.63, 3.8) is 0 Å². The van der Waals surface area contributed by atoms with Crippen LogP contribution in [-0.2, 0) is 14.3 Å². The van der Waals surface area contributed by atoms with Gasteiger partial charge in [-0.1, -0.05) is 81.1 Å². The van der Waals surface area contributed by atoms with Crippen molar-refractivity contribution in [3.05, 3.63) is 59.7 Å². The summed E-state index contributed by atoms with van der Waals surface area (Å²) in [6.45, 7) is 2.19. The molecule has 35 heavy (non-hydrogen) atoms. The Morgan fingerprint density at radius 1 is 1.03 bits per heavy atom. The number of rotatable bonds is 10. The van der Waals surface area contributed by atoms with E-state index in [-0.39, 0.29) is 24.9 Å². The summed E-state index contributed by atoms with van der Waals surface area (Å²) in [4.78, 5) is 37.3. The molecule has 0 radical (unpaired) electrons. The fourth-order valence-electron chi connectivity index (χ4n) is 5.50. The minimum Gasteiger partial charge on any atom is -0.481 e. The van der Waals surface area contributed by atoms with Crippen LogP contribution >= 0.6 is 0 Å². The number of carbonyl (C=O) groups excluding carboxylic acids is 2. The van der Waals surface area contributed by atoms with Gasteiger partial charge in [-0.15, -0.1) is 0 Å². The molecular formula is C28H34N2O5. The monoisotopic (exact) mass is 478 g/mol. The number of carboxylic acids is 1. The van der Waals surface area contributed by atoms with E-state index in [1.807, 2.05) is 31.2 Å². The molecule has 0 bridgehead atoms. The van der Waals surface area contributed by atoms with Gasteiger partial charge in [0, 0.05) is 5.92 Å². The summed E-state index contributed by atoms with van der Waals surface area (Å²) in [5.74, 6) is -1.33. The van der Waals surface area contributed by atoms with Gasteiger partial charge < -0.3 is 20.5 Å². The molecule has 0 unspecified atom stereocenters. The number of amides is 2. The van der Waals surface area contributed by atoms with Gasteiger partial charge >= 0.3 is 12.1 Å². The van der Waals surface area contributed by atoms with Gasteiger partial charge in [-0.25, -0.2) is 4.79 Å². The number of carbonyl (C=O) groups is 3. The van der Waals surface area contributed by atoms with Crippen molar-refractivity contribution >= 4 is 18.0 Å². The smallest absolute Gasteiger partial charge is 0.407 e. The van der Waals surface area contributed by atoms with Crippen LogP contribution in [-0.4, -0.2) is 41.3 Å². The third kappa shape index (κ3) is 5.66. The molecule has 0 saturated heterocycles. The SMILES string of the molecule is CCCC[C@H](NC(=O)OCC1c2ccccc2-c2ccccc21)C(=O)NC1(CC(=O)O)CCCC1. The van der Waals surface area contributed by atoms with E-state index in [2.05, 4.69) is 34.9 Å². The average Bonchev–Trinajstić information content (AvgIpc) is 3.42. The molecule has 7 nitrogen and oxygen atoms in total. The number of benzene rings is 2. The van der Waals surface area contributed by atoms with Gasteiger partial charge in [-0.05, 0) is 41.5 Å². The summed E-state index contributed by atoms with van der Waals surface area (Å²) in [5, 5.41) is 15.1. The first-order valence-corrected chi connectivity index (χ1v) is 12.6. The molecule has 0 heterocycles. The number of nitrogens with one attached hydrogen (secondary N) is 2. The lowest BCUT2D eigenvalue weighted by Gasteiger charge is -2.31. The number of unbranched alkanes of at least 4 members (excludes halogenated alkanes) is 1. The predicted molar refractivity (Wildman–Crippen MR) is 133 cm³/mol. The van der Waals surface area contributed by atoms with Crippen molar-refractivity contribution in [2.24, 2.45) is 0 Å². The van der Waals surface area contributed by atoms with Crippen LogP contribution in [0.25, 0.3) is 11.1 Å². The molecular weight excluding hydrogens is 444 g/mol. The van der Waals surface area contributed by atoms with Crippen molar-refractivity contribution in [3.8, 4) is 11.1 Å². The third-order valence-corrected chi connectivity index (χ3v) is 7.24. The number of hydrogen-bond donors (Lipinski definition) is 3. The van der Waals surface area contributed by atoms with Crippen molar-refractivity contribution < 1.29 is 24.2 Å². The van der Waals surface area contributed by atoms with Gasteiger partial charge in [0.05, 0.1) is 12.0 Å². The molecule has 1 atom stereocenters. The Morgan fingerprint density at radius 2 is 1.63 bits per heavy atom. The highest BCUT2D eigenvalue weighted by Crippen LogP contribution is 2.44. The summed E-state index contributed by atoms with van der Waals surface area (Å²) in [6, 6.07) is 15.5. The van der Waals surface area contributed by atoms with E-state index in [1.165, 1.54) is 0 Å². The average molecular weight is 479 g/mol. The Labute approximate surface area is 206 Å². The molecule has 1 saturated carbocycles. The van der Waals surface area contributed by atoms with Crippen LogP contribution in [0.15, 0.2) is 48.5 Å².